The Labute approximate surface area is 165 Å². The van der Waals surface area contributed by atoms with E-state index in [1.807, 2.05) is 11.4 Å². The summed E-state index contributed by atoms with van der Waals surface area (Å²) in [5.41, 5.74) is 2.18. The summed E-state index contributed by atoms with van der Waals surface area (Å²) in [6.45, 7) is 2.71. The van der Waals surface area contributed by atoms with Crippen LogP contribution in [0, 0.1) is 5.82 Å². The Hall–Kier alpha value is -2.74. The van der Waals surface area contributed by atoms with Gasteiger partial charge in [-0.2, -0.15) is 0 Å². The first kappa shape index (κ1) is 18.6. The zero-order valence-electron chi connectivity index (χ0n) is 15.3. The van der Waals surface area contributed by atoms with Crippen molar-refractivity contribution >= 4 is 28.9 Å². The molecular weight excluding hydrogens is 383 g/mol. The molecule has 0 saturated heterocycles. The van der Waals surface area contributed by atoms with E-state index < -0.39 is 18.2 Å². The van der Waals surface area contributed by atoms with Gasteiger partial charge in [-0.05, 0) is 42.5 Å². The van der Waals surface area contributed by atoms with E-state index in [0.29, 0.717) is 24.4 Å². The lowest BCUT2D eigenvalue weighted by Gasteiger charge is -2.29. The van der Waals surface area contributed by atoms with Crippen LogP contribution in [0.25, 0.3) is 0 Å². The molecule has 146 valence electrons. The van der Waals surface area contributed by atoms with Crippen molar-refractivity contribution in [3.63, 3.8) is 0 Å². The number of carbonyl (C=O) groups excluding carboxylic acids is 2. The highest BCUT2D eigenvalue weighted by molar-refractivity contribution is 7.10. The standard InChI is InChI=1S/C20H19FN2O4S/c1-12(19(24)23-7-5-18-14(11-23)6-8-28-18)26-20(25)17-10-16(22-27-17)13-3-2-4-15(21)9-13/h2-4,6,8-9,12,17H,5,7,10-11H2,1H3. The highest BCUT2D eigenvalue weighted by atomic mass is 32.1. The molecule has 2 aliphatic heterocycles. The van der Waals surface area contributed by atoms with Gasteiger partial charge in [-0.3, -0.25) is 4.79 Å². The van der Waals surface area contributed by atoms with E-state index in [9.17, 15) is 14.0 Å². The predicted octanol–water partition coefficient (Wildman–Crippen LogP) is 2.90. The van der Waals surface area contributed by atoms with Gasteiger partial charge in [0.1, 0.15) is 5.82 Å². The molecule has 2 unspecified atom stereocenters. The highest BCUT2D eigenvalue weighted by Gasteiger charge is 2.34. The van der Waals surface area contributed by atoms with Crippen molar-refractivity contribution in [2.75, 3.05) is 6.54 Å². The second kappa shape index (κ2) is 7.71. The number of benzene rings is 1. The monoisotopic (exact) mass is 402 g/mol. The molecule has 0 aliphatic carbocycles. The van der Waals surface area contributed by atoms with Gasteiger partial charge in [0.05, 0.1) is 5.71 Å². The summed E-state index contributed by atoms with van der Waals surface area (Å²) in [5.74, 6) is -1.26. The van der Waals surface area contributed by atoms with E-state index in [2.05, 4.69) is 5.16 Å². The van der Waals surface area contributed by atoms with Crippen LogP contribution in [-0.2, 0) is 32.1 Å². The molecule has 0 bridgehead atoms. The van der Waals surface area contributed by atoms with Crippen molar-refractivity contribution in [2.45, 2.75) is 38.5 Å². The number of amides is 1. The zero-order valence-corrected chi connectivity index (χ0v) is 16.1. The number of oxime groups is 1. The molecule has 0 saturated carbocycles. The first-order chi connectivity index (χ1) is 13.5. The smallest absolute Gasteiger partial charge is 0.351 e. The lowest BCUT2D eigenvalue weighted by molar-refractivity contribution is -0.167. The summed E-state index contributed by atoms with van der Waals surface area (Å²) in [6, 6.07) is 7.95. The van der Waals surface area contributed by atoms with E-state index in [1.54, 1.807) is 35.3 Å². The SMILES string of the molecule is CC(OC(=O)C1CC(c2cccc(F)c2)=NO1)C(=O)N1CCc2sccc2C1. The molecule has 3 heterocycles. The van der Waals surface area contributed by atoms with Gasteiger partial charge < -0.3 is 14.5 Å². The van der Waals surface area contributed by atoms with E-state index in [0.717, 1.165) is 12.0 Å². The number of hydrogen-bond acceptors (Lipinski definition) is 6. The number of halogens is 1. The molecular formula is C20H19FN2O4S. The Bertz CT molecular complexity index is 942. The first-order valence-corrected chi connectivity index (χ1v) is 9.92. The fourth-order valence-corrected chi connectivity index (χ4v) is 4.23. The number of rotatable bonds is 4. The molecule has 1 aromatic carbocycles. The topological polar surface area (TPSA) is 68.2 Å². The number of esters is 1. The normalized spacial score (nSPS) is 19.4. The number of nitrogens with zero attached hydrogens (tertiary/aromatic N) is 2. The van der Waals surface area contributed by atoms with Crippen molar-refractivity contribution in [2.24, 2.45) is 5.16 Å². The van der Waals surface area contributed by atoms with Gasteiger partial charge in [0.2, 0.25) is 6.10 Å². The first-order valence-electron chi connectivity index (χ1n) is 9.04. The molecule has 6 nitrogen and oxygen atoms in total. The molecule has 8 heteroatoms. The average Bonchev–Trinajstić information content (AvgIpc) is 3.36. The van der Waals surface area contributed by atoms with Gasteiger partial charge in [-0.15, -0.1) is 11.3 Å². The van der Waals surface area contributed by atoms with Gasteiger partial charge >= 0.3 is 5.97 Å². The lowest BCUT2D eigenvalue weighted by atomic mass is 10.1. The summed E-state index contributed by atoms with van der Waals surface area (Å²) >= 11 is 1.70. The van der Waals surface area contributed by atoms with E-state index in [1.165, 1.54) is 17.0 Å². The van der Waals surface area contributed by atoms with Gasteiger partial charge in [-0.25, -0.2) is 9.18 Å². The number of thiophene rings is 1. The molecule has 28 heavy (non-hydrogen) atoms. The Morgan fingerprint density at radius 3 is 3.07 bits per heavy atom. The van der Waals surface area contributed by atoms with Crippen molar-refractivity contribution in [1.29, 1.82) is 0 Å². The molecule has 0 spiro atoms. The third-order valence-corrected chi connectivity index (χ3v) is 5.87. The maximum Gasteiger partial charge on any atom is 0.351 e. The van der Waals surface area contributed by atoms with E-state index >= 15 is 0 Å². The van der Waals surface area contributed by atoms with Crippen molar-refractivity contribution < 1.29 is 23.6 Å². The van der Waals surface area contributed by atoms with Crippen LogP contribution in [0.1, 0.15) is 29.3 Å². The van der Waals surface area contributed by atoms with Gasteiger partial charge in [0, 0.05) is 30.0 Å². The number of fused-ring (bicyclic) bond motifs is 1. The summed E-state index contributed by atoms with van der Waals surface area (Å²) in [6.07, 6.45) is -0.853. The van der Waals surface area contributed by atoms with E-state index in [-0.39, 0.29) is 18.1 Å². The Morgan fingerprint density at radius 1 is 1.39 bits per heavy atom. The molecule has 2 atom stereocenters. The highest BCUT2D eigenvalue weighted by Crippen LogP contribution is 2.25. The molecule has 1 aromatic heterocycles. The molecule has 4 rings (SSSR count). The van der Waals surface area contributed by atoms with Crippen molar-refractivity contribution in [3.05, 3.63) is 57.5 Å². The summed E-state index contributed by atoms with van der Waals surface area (Å²) < 4.78 is 18.7. The fraction of sp³-hybridized carbons (Fsp3) is 0.350. The fourth-order valence-electron chi connectivity index (χ4n) is 3.34. The Kier molecular flexibility index (Phi) is 5.13. The number of carbonyl (C=O) groups is 2. The average molecular weight is 402 g/mol. The van der Waals surface area contributed by atoms with Crippen molar-refractivity contribution in [1.82, 2.24) is 4.90 Å². The van der Waals surface area contributed by atoms with Crippen LogP contribution in [0.3, 0.4) is 0 Å². The molecule has 0 fully saturated rings. The van der Waals surface area contributed by atoms with Crippen LogP contribution in [0.15, 0.2) is 40.9 Å². The van der Waals surface area contributed by atoms with Crippen LogP contribution in [0.5, 0.6) is 0 Å². The maximum atomic E-state index is 13.4. The van der Waals surface area contributed by atoms with Crippen LogP contribution >= 0.6 is 11.3 Å². The van der Waals surface area contributed by atoms with Crippen LogP contribution in [0.2, 0.25) is 0 Å². The zero-order chi connectivity index (χ0) is 19.7. The van der Waals surface area contributed by atoms with Crippen molar-refractivity contribution in [3.8, 4) is 0 Å². The second-order valence-corrected chi connectivity index (χ2v) is 7.81. The molecule has 0 N–H and O–H groups in total. The molecule has 2 aromatic rings. The van der Waals surface area contributed by atoms with Crippen LogP contribution in [0.4, 0.5) is 4.39 Å². The summed E-state index contributed by atoms with van der Waals surface area (Å²) in [7, 11) is 0. The summed E-state index contributed by atoms with van der Waals surface area (Å²) in [4.78, 5) is 33.2. The quantitative estimate of drug-likeness (QED) is 0.738. The predicted molar refractivity (Wildman–Crippen MR) is 101 cm³/mol. The van der Waals surface area contributed by atoms with E-state index in [4.69, 9.17) is 9.57 Å². The Balaban J connectivity index is 1.32. The van der Waals surface area contributed by atoms with Crippen LogP contribution in [-0.4, -0.2) is 41.2 Å². The summed E-state index contributed by atoms with van der Waals surface area (Å²) in [5, 5.41) is 5.89. The maximum absolute atomic E-state index is 13.4. The third kappa shape index (κ3) is 3.77. The third-order valence-electron chi connectivity index (χ3n) is 4.85. The Morgan fingerprint density at radius 2 is 2.25 bits per heavy atom. The molecule has 0 radical (unpaired) electrons. The second-order valence-electron chi connectivity index (χ2n) is 6.80. The molecule has 1 amide bonds. The minimum absolute atomic E-state index is 0.172. The largest absolute Gasteiger partial charge is 0.450 e. The van der Waals surface area contributed by atoms with Gasteiger partial charge in [-0.1, -0.05) is 17.3 Å². The van der Waals surface area contributed by atoms with Gasteiger partial charge in [0.15, 0.2) is 6.10 Å². The van der Waals surface area contributed by atoms with Crippen LogP contribution < -0.4 is 0 Å². The minimum Gasteiger partial charge on any atom is -0.450 e. The lowest BCUT2D eigenvalue weighted by Crippen LogP contribution is -2.43. The molecule has 2 aliphatic rings. The minimum atomic E-state index is -0.932. The number of ether oxygens (including phenoxy) is 1. The number of hydrogen-bond donors (Lipinski definition) is 0. The van der Waals surface area contributed by atoms with Gasteiger partial charge in [0.25, 0.3) is 5.91 Å².